The van der Waals surface area contributed by atoms with Gasteiger partial charge in [0.1, 0.15) is 0 Å². The zero-order valence-electron chi connectivity index (χ0n) is 6.47. The highest BCUT2D eigenvalue weighted by molar-refractivity contribution is 4.87. The number of allylic oxidation sites excluding steroid dienone is 1. The Hall–Kier alpha value is -0.300. The first-order chi connectivity index (χ1) is 4.77. The molecule has 1 nitrogen and oxygen atoms in total. The smallest absolute Gasteiger partial charge is 0.0648 e. The molecule has 10 heavy (non-hydrogen) atoms. The van der Waals surface area contributed by atoms with Crippen molar-refractivity contribution in [3.63, 3.8) is 0 Å². The van der Waals surface area contributed by atoms with E-state index in [1.807, 2.05) is 6.08 Å². The fourth-order valence-corrected chi connectivity index (χ4v) is 1.41. The minimum Gasteiger partial charge on any atom is -0.390 e. The summed E-state index contributed by atoms with van der Waals surface area (Å²) in [5, 5.41) is 9.60. The molecule has 1 N–H and O–H groups in total. The molecule has 0 unspecified atom stereocenters. The highest BCUT2D eigenvalue weighted by Crippen LogP contribution is 2.35. The Labute approximate surface area is 62.8 Å². The fourth-order valence-electron chi connectivity index (χ4n) is 1.41. The molecule has 1 saturated carbocycles. The van der Waals surface area contributed by atoms with Crippen LogP contribution in [0.3, 0.4) is 0 Å². The minimum absolute atomic E-state index is 0.275. The zero-order chi connectivity index (χ0) is 7.45. The summed E-state index contributed by atoms with van der Waals surface area (Å²) < 4.78 is 0. The Morgan fingerprint density at radius 2 is 2.20 bits per heavy atom. The number of hydrogen-bond donors (Lipinski definition) is 1. The molecule has 0 aromatic heterocycles. The third-order valence-corrected chi connectivity index (χ3v) is 2.33. The Morgan fingerprint density at radius 3 is 2.60 bits per heavy atom. The average molecular weight is 140 g/mol. The van der Waals surface area contributed by atoms with Gasteiger partial charge in [-0.3, -0.25) is 0 Å². The van der Waals surface area contributed by atoms with Gasteiger partial charge in [0.25, 0.3) is 0 Å². The van der Waals surface area contributed by atoms with Crippen molar-refractivity contribution in [3.8, 4) is 0 Å². The Kier molecular flexibility index (Phi) is 2.50. The summed E-state index contributed by atoms with van der Waals surface area (Å²) in [7, 11) is 0. The molecule has 58 valence electrons. The van der Waals surface area contributed by atoms with E-state index in [1.54, 1.807) is 0 Å². The van der Waals surface area contributed by atoms with E-state index in [-0.39, 0.29) is 5.60 Å². The summed E-state index contributed by atoms with van der Waals surface area (Å²) in [6.45, 7) is 3.64. The van der Waals surface area contributed by atoms with Gasteiger partial charge in [0, 0.05) is 0 Å². The van der Waals surface area contributed by atoms with Crippen molar-refractivity contribution < 1.29 is 5.11 Å². The summed E-state index contributed by atoms with van der Waals surface area (Å²) in [6.07, 6.45) is 8.28. The fraction of sp³-hybridized carbons (Fsp3) is 0.778. The maximum absolute atomic E-state index is 9.60. The van der Waals surface area contributed by atoms with Gasteiger partial charge in [0.05, 0.1) is 5.60 Å². The van der Waals surface area contributed by atoms with Crippen molar-refractivity contribution in [1.29, 1.82) is 0 Å². The van der Waals surface area contributed by atoms with E-state index in [0.717, 1.165) is 32.1 Å². The van der Waals surface area contributed by atoms with Crippen LogP contribution in [0.4, 0.5) is 0 Å². The first kappa shape index (κ1) is 7.80. The number of unbranched alkanes of at least 4 members (excludes halogenated alkanes) is 1. The molecule has 0 saturated heterocycles. The predicted octanol–water partition coefficient (Wildman–Crippen LogP) is 2.26. The van der Waals surface area contributed by atoms with Crippen LogP contribution in [0.5, 0.6) is 0 Å². The molecule has 0 radical (unpaired) electrons. The molecule has 0 aromatic carbocycles. The molecule has 0 spiro atoms. The van der Waals surface area contributed by atoms with Crippen LogP contribution >= 0.6 is 0 Å². The number of hydrogen-bond acceptors (Lipinski definition) is 1. The SMILES string of the molecule is C=CCCCC1(O)CCC1. The molecule has 0 atom stereocenters. The summed E-state index contributed by atoms with van der Waals surface area (Å²) >= 11 is 0. The second-order valence-corrected chi connectivity index (χ2v) is 3.26. The quantitative estimate of drug-likeness (QED) is 0.469. The molecule has 0 heterocycles. The first-order valence-electron chi connectivity index (χ1n) is 4.10. The monoisotopic (exact) mass is 140 g/mol. The first-order valence-corrected chi connectivity index (χ1v) is 4.10. The second-order valence-electron chi connectivity index (χ2n) is 3.26. The molecule has 1 aliphatic carbocycles. The maximum Gasteiger partial charge on any atom is 0.0648 e. The molecule has 0 aliphatic heterocycles. The highest BCUT2D eigenvalue weighted by Gasteiger charge is 2.32. The van der Waals surface area contributed by atoms with E-state index in [1.165, 1.54) is 6.42 Å². The topological polar surface area (TPSA) is 20.2 Å². The van der Waals surface area contributed by atoms with Crippen molar-refractivity contribution >= 4 is 0 Å². The molecule has 1 fully saturated rings. The van der Waals surface area contributed by atoms with Gasteiger partial charge in [-0.1, -0.05) is 6.08 Å². The van der Waals surface area contributed by atoms with E-state index >= 15 is 0 Å². The van der Waals surface area contributed by atoms with Crippen LogP contribution in [-0.4, -0.2) is 10.7 Å². The lowest BCUT2D eigenvalue weighted by atomic mass is 9.77. The van der Waals surface area contributed by atoms with Gasteiger partial charge in [-0.15, -0.1) is 6.58 Å². The molecule has 0 amide bonds. The molecule has 0 bridgehead atoms. The summed E-state index contributed by atoms with van der Waals surface area (Å²) in [5.74, 6) is 0. The molecule has 1 rings (SSSR count). The van der Waals surface area contributed by atoms with Crippen molar-refractivity contribution in [2.24, 2.45) is 0 Å². The lowest BCUT2D eigenvalue weighted by Crippen LogP contribution is -2.36. The maximum atomic E-state index is 9.60. The number of aliphatic hydroxyl groups is 1. The standard InChI is InChI=1S/C9H16O/c1-2-3-4-6-9(10)7-5-8-9/h2,10H,1,3-8H2. The third kappa shape index (κ3) is 1.84. The Bertz CT molecular complexity index is 114. The summed E-state index contributed by atoms with van der Waals surface area (Å²) in [5.41, 5.74) is -0.275. The van der Waals surface area contributed by atoms with Gasteiger partial charge in [-0.2, -0.15) is 0 Å². The van der Waals surface area contributed by atoms with E-state index in [4.69, 9.17) is 0 Å². The lowest BCUT2D eigenvalue weighted by molar-refractivity contribution is -0.0413. The number of rotatable bonds is 4. The lowest BCUT2D eigenvalue weighted by Gasteiger charge is -2.36. The molecular weight excluding hydrogens is 124 g/mol. The van der Waals surface area contributed by atoms with Gasteiger partial charge in [0.15, 0.2) is 0 Å². The van der Waals surface area contributed by atoms with Gasteiger partial charge in [-0.25, -0.2) is 0 Å². The van der Waals surface area contributed by atoms with Crippen molar-refractivity contribution in [3.05, 3.63) is 12.7 Å². The van der Waals surface area contributed by atoms with Gasteiger partial charge in [0.2, 0.25) is 0 Å². The van der Waals surface area contributed by atoms with Crippen LogP contribution < -0.4 is 0 Å². The Morgan fingerprint density at radius 1 is 1.50 bits per heavy atom. The van der Waals surface area contributed by atoms with Crippen LogP contribution in [0.1, 0.15) is 38.5 Å². The van der Waals surface area contributed by atoms with Crippen molar-refractivity contribution in [1.82, 2.24) is 0 Å². The molecule has 0 aromatic rings. The summed E-state index contributed by atoms with van der Waals surface area (Å²) in [6, 6.07) is 0. The second kappa shape index (κ2) is 3.20. The highest BCUT2D eigenvalue weighted by atomic mass is 16.3. The largest absolute Gasteiger partial charge is 0.390 e. The molecule has 1 aliphatic rings. The van der Waals surface area contributed by atoms with Crippen LogP contribution in [0.25, 0.3) is 0 Å². The zero-order valence-corrected chi connectivity index (χ0v) is 6.47. The minimum atomic E-state index is -0.275. The van der Waals surface area contributed by atoms with E-state index < -0.39 is 0 Å². The van der Waals surface area contributed by atoms with Crippen molar-refractivity contribution in [2.75, 3.05) is 0 Å². The van der Waals surface area contributed by atoms with Gasteiger partial charge >= 0.3 is 0 Å². The van der Waals surface area contributed by atoms with E-state index in [9.17, 15) is 5.11 Å². The Balaban J connectivity index is 2.06. The average Bonchev–Trinajstić information content (AvgIpc) is 1.85. The van der Waals surface area contributed by atoms with Crippen LogP contribution in [0.2, 0.25) is 0 Å². The van der Waals surface area contributed by atoms with Gasteiger partial charge < -0.3 is 5.11 Å². The van der Waals surface area contributed by atoms with E-state index in [0.29, 0.717) is 0 Å². The van der Waals surface area contributed by atoms with E-state index in [2.05, 4.69) is 6.58 Å². The summed E-state index contributed by atoms with van der Waals surface area (Å²) in [4.78, 5) is 0. The normalized spacial score (nSPS) is 21.7. The van der Waals surface area contributed by atoms with Crippen LogP contribution in [-0.2, 0) is 0 Å². The third-order valence-electron chi connectivity index (χ3n) is 2.33. The van der Waals surface area contributed by atoms with Gasteiger partial charge in [-0.05, 0) is 38.5 Å². The molecule has 1 heteroatoms. The van der Waals surface area contributed by atoms with Crippen LogP contribution in [0.15, 0.2) is 12.7 Å². The molecular formula is C9H16O. The predicted molar refractivity (Wildman–Crippen MR) is 42.8 cm³/mol. The van der Waals surface area contributed by atoms with Crippen LogP contribution in [0, 0.1) is 0 Å². The van der Waals surface area contributed by atoms with Crippen molar-refractivity contribution in [2.45, 2.75) is 44.1 Å².